The fraction of sp³-hybridized carbons (Fsp3) is 0.314. The molecule has 0 saturated carbocycles. The lowest BCUT2D eigenvalue weighted by molar-refractivity contribution is 0.00693. The molecule has 6 rings (SSSR count). The van der Waals surface area contributed by atoms with Gasteiger partial charge >= 0.3 is 5.97 Å². The molecule has 1 aliphatic rings. The Balaban J connectivity index is 1.24. The molecule has 1 unspecified atom stereocenters. The molecule has 0 radical (unpaired) electrons. The Labute approximate surface area is 250 Å². The van der Waals surface area contributed by atoms with Gasteiger partial charge in [0.25, 0.3) is 0 Å². The Morgan fingerprint density at radius 1 is 1.00 bits per heavy atom. The van der Waals surface area contributed by atoms with Crippen LogP contribution in [-0.4, -0.2) is 32.1 Å². The first-order valence-electron chi connectivity index (χ1n) is 14.6. The summed E-state index contributed by atoms with van der Waals surface area (Å²) >= 11 is 0. The lowest BCUT2D eigenvalue weighted by Gasteiger charge is -2.26. The third-order valence-electron chi connectivity index (χ3n) is 7.53. The number of nitrogens with zero attached hydrogens (tertiary/aromatic N) is 3. The van der Waals surface area contributed by atoms with Crippen LogP contribution in [0, 0.1) is 13.8 Å². The van der Waals surface area contributed by atoms with Crippen LogP contribution in [0.4, 0.5) is 0 Å². The number of carbonyl (C=O) groups excluding carboxylic acids is 2. The van der Waals surface area contributed by atoms with Gasteiger partial charge in [0.05, 0.1) is 22.6 Å². The average Bonchev–Trinajstić information content (AvgIpc) is 3.51. The quantitative estimate of drug-likeness (QED) is 0.146. The molecule has 1 aliphatic carbocycles. The van der Waals surface area contributed by atoms with E-state index in [1.165, 1.54) is 5.56 Å². The van der Waals surface area contributed by atoms with E-state index in [0.717, 1.165) is 47.4 Å². The molecule has 8 heteroatoms. The summed E-state index contributed by atoms with van der Waals surface area (Å²) in [6, 6.07) is 20.3. The number of esters is 1. The fourth-order valence-corrected chi connectivity index (χ4v) is 5.59. The topological polar surface area (TPSA) is 96.5 Å². The molecule has 3 aromatic carbocycles. The summed E-state index contributed by atoms with van der Waals surface area (Å²) in [5.41, 5.74) is 6.80. The number of fused-ring (bicyclic) bond motifs is 2. The highest BCUT2D eigenvalue weighted by atomic mass is 16.6. The normalized spacial score (nSPS) is 14.9. The molecule has 0 spiro atoms. The first kappa shape index (κ1) is 28.4. The second-order valence-corrected chi connectivity index (χ2v) is 12.1. The molecule has 220 valence electrons. The highest BCUT2D eigenvalue weighted by Gasteiger charge is 2.30. The molecule has 0 N–H and O–H groups in total. The van der Waals surface area contributed by atoms with Gasteiger partial charge in [-0.25, -0.2) is 14.5 Å². The van der Waals surface area contributed by atoms with Crippen LogP contribution in [0.15, 0.2) is 71.1 Å². The minimum atomic E-state index is -0.561. The second kappa shape index (κ2) is 11.2. The average molecular weight is 578 g/mol. The van der Waals surface area contributed by atoms with Gasteiger partial charge in [0.2, 0.25) is 0 Å². The number of oxazole rings is 1. The maximum Gasteiger partial charge on any atom is 0.338 e. The first-order chi connectivity index (χ1) is 20.5. The second-order valence-electron chi connectivity index (χ2n) is 12.1. The molecular formula is C35H35N3O5. The van der Waals surface area contributed by atoms with Crippen molar-refractivity contribution in [3.8, 4) is 11.4 Å². The maximum atomic E-state index is 13.4. The zero-order valence-electron chi connectivity index (χ0n) is 25.1. The van der Waals surface area contributed by atoms with Crippen LogP contribution in [0.3, 0.4) is 0 Å². The van der Waals surface area contributed by atoms with Gasteiger partial charge < -0.3 is 13.9 Å². The van der Waals surface area contributed by atoms with Crippen LogP contribution < -0.4 is 4.74 Å². The van der Waals surface area contributed by atoms with Crippen molar-refractivity contribution in [3.63, 3.8) is 0 Å². The van der Waals surface area contributed by atoms with Gasteiger partial charge in [-0.1, -0.05) is 18.2 Å². The lowest BCUT2D eigenvalue weighted by atomic mass is 9.93. The van der Waals surface area contributed by atoms with Crippen molar-refractivity contribution in [1.82, 2.24) is 14.8 Å². The van der Waals surface area contributed by atoms with Crippen molar-refractivity contribution >= 4 is 22.9 Å². The van der Waals surface area contributed by atoms with Gasteiger partial charge in [0.1, 0.15) is 23.0 Å². The molecule has 5 aromatic rings. The summed E-state index contributed by atoms with van der Waals surface area (Å²) in [7, 11) is 0. The minimum Gasteiger partial charge on any atom is -0.484 e. The summed E-state index contributed by atoms with van der Waals surface area (Å²) in [5, 5.41) is 4.89. The Hall–Kier alpha value is -4.72. The predicted octanol–water partition coefficient (Wildman–Crippen LogP) is 7.47. The largest absolute Gasteiger partial charge is 0.484 e. The Kier molecular flexibility index (Phi) is 7.38. The molecule has 2 heterocycles. The van der Waals surface area contributed by atoms with E-state index in [2.05, 4.69) is 4.98 Å². The highest BCUT2D eigenvalue weighted by Crippen LogP contribution is 2.37. The Morgan fingerprint density at radius 3 is 2.56 bits per heavy atom. The number of carbonyl (C=O) groups is 2. The number of aromatic nitrogens is 3. The molecule has 0 bridgehead atoms. The smallest absolute Gasteiger partial charge is 0.338 e. The number of ether oxygens (including phenoxy) is 2. The van der Waals surface area contributed by atoms with Crippen molar-refractivity contribution in [2.75, 3.05) is 0 Å². The molecule has 43 heavy (non-hydrogen) atoms. The van der Waals surface area contributed by atoms with Gasteiger partial charge in [-0.15, -0.1) is 0 Å². The van der Waals surface area contributed by atoms with E-state index in [1.54, 1.807) is 24.3 Å². The molecule has 0 amide bonds. The highest BCUT2D eigenvalue weighted by molar-refractivity contribution is 5.98. The number of benzene rings is 3. The third kappa shape index (κ3) is 6.09. The van der Waals surface area contributed by atoms with E-state index >= 15 is 0 Å². The molecular weight excluding hydrogens is 542 g/mol. The SMILES string of the molecule is Cc1nc2ccc(CC(=O)c3cccc(-n4nc(C)c5c4C(Oc4ccc(C(=O)OC(C)(C)C)cc4)CCC5)c3)cc2o1. The summed E-state index contributed by atoms with van der Waals surface area (Å²) in [6.07, 6.45) is 2.75. The standard InChI is InChI=1S/C35H35N3O5/c1-21-28-10-7-11-31(42-27-15-13-24(14-16-27)34(40)43-35(3,4)5)33(28)38(37-21)26-9-6-8-25(20-26)30(39)18-23-12-17-29-32(19-23)41-22(2)36-29/h6,8-9,12-17,19-20,31H,7,10-11,18H2,1-5H3. The maximum absolute atomic E-state index is 13.4. The summed E-state index contributed by atoms with van der Waals surface area (Å²) in [5.74, 6) is 0.909. The minimum absolute atomic E-state index is 0.00746. The van der Waals surface area contributed by atoms with Crippen LogP contribution in [0.1, 0.15) is 88.8 Å². The van der Waals surface area contributed by atoms with E-state index in [4.69, 9.17) is 19.0 Å². The molecule has 2 aromatic heterocycles. The van der Waals surface area contributed by atoms with Gasteiger partial charge in [0.15, 0.2) is 17.3 Å². The van der Waals surface area contributed by atoms with E-state index < -0.39 is 5.60 Å². The monoisotopic (exact) mass is 577 g/mol. The number of Topliss-reactive ketones (excluding diaryl/α,β-unsaturated/α-hetero) is 1. The van der Waals surface area contributed by atoms with E-state index in [-0.39, 0.29) is 24.3 Å². The van der Waals surface area contributed by atoms with E-state index in [1.807, 2.05) is 81.8 Å². The van der Waals surface area contributed by atoms with Gasteiger partial charge in [0, 0.05) is 24.5 Å². The van der Waals surface area contributed by atoms with Crippen molar-refractivity contribution in [2.45, 2.75) is 72.0 Å². The van der Waals surface area contributed by atoms with Crippen LogP contribution in [0.2, 0.25) is 0 Å². The summed E-state index contributed by atoms with van der Waals surface area (Å²) < 4.78 is 19.5. The van der Waals surface area contributed by atoms with Crippen molar-refractivity contribution in [1.29, 1.82) is 0 Å². The number of hydrogen-bond donors (Lipinski definition) is 0. The van der Waals surface area contributed by atoms with Crippen LogP contribution in [0.25, 0.3) is 16.8 Å². The first-order valence-corrected chi connectivity index (χ1v) is 14.6. The molecule has 8 nitrogen and oxygen atoms in total. The number of aryl methyl sites for hydroxylation is 2. The molecule has 0 saturated heterocycles. The zero-order valence-corrected chi connectivity index (χ0v) is 25.1. The van der Waals surface area contributed by atoms with Crippen LogP contribution in [-0.2, 0) is 17.6 Å². The molecule has 1 atom stereocenters. The Bertz CT molecular complexity index is 1820. The number of ketones is 1. The summed E-state index contributed by atoms with van der Waals surface area (Å²) in [6.45, 7) is 9.37. The predicted molar refractivity (Wildman–Crippen MR) is 163 cm³/mol. The van der Waals surface area contributed by atoms with E-state index in [9.17, 15) is 9.59 Å². The van der Waals surface area contributed by atoms with Crippen LogP contribution in [0.5, 0.6) is 5.75 Å². The molecule has 0 aliphatic heterocycles. The van der Waals surface area contributed by atoms with Gasteiger partial charge in [-0.05, 0) is 101 Å². The Morgan fingerprint density at radius 2 is 1.79 bits per heavy atom. The van der Waals surface area contributed by atoms with Crippen molar-refractivity contribution in [2.24, 2.45) is 0 Å². The van der Waals surface area contributed by atoms with Gasteiger partial charge in [-0.2, -0.15) is 5.10 Å². The molecule has 0 fully saturated rings. The van der Waals surface area contributed by atoms with E-state index in [0.29, 0.717) is 28.4 Å². The van der Waals surface area contributed by atoms with Gasteiger partial charge in [-0.3, -0.25) is 4.79 Å². The van der Waals surface area contributed by atoms with Crippen molar-refractivity contribution < 1.29 is 23.5 Å². The van der Waals surface area contributed by atoms with Crippen molar-refractivity contribution in [3.05, 3.63) is 106 Å². The zero-order chi connectivity index (χ0) is 30.3. The third-order valence-corrected chi connectivity index (χ3v) is 7.53. The lowest BCUT2D eigenvalue weighted by Crippen LogP contribution is -2.23. The fourth-order valence-electron chi connectivity index (χ4n) is 5.59. The number of hydrogen-bond acceptors (Lipinski definition) is 7. The van der Waals surface area contributed by atoms with Crippen LogP contribution >= 0.6 is 0 Å². The summed E-state index contributed by atoms with van der Waals surface area (Å²) in [4.78, 5) is 30.2. The number of rotatable bonds is 7.